The maximum absolute atomic E-state index is 14.0. The van der Waals surface area contributed by atoms with Gasteiger partial charge in [0.25, 0.3) is 11.7 Å². The third-order valence-corrected chi connectivity index (χ3v) is 7.03. The number of nitrogens with two attached hydrogens (primary N) is 1. The number of ketones is 1. The summed E-state index contributed by atoms with van der Waals surface area (Å²) >= 11 is 0. The molecule has 0 spiro atoms. The first kappa shape index (κ1) is 23.2. The van der Waals surface area contributed by atoms with Crippen LogP contribution in [0.5, 0.6) is 0 Å². The van der Waals surface area contributed by atoms with Crippen molar-refractivity contribution >= 4 is 28.9 Å². The summed E-state index contributed by atoms with van der Waals surface area (Å²) in [7, 11) is 0. The summed E-state index contributed by atoms with van der Waals surface area (Å²) in [4.78, 5) is 45.4. The fourth-order valence-electron chi connectivity index (χ4n) is 5.12. The molecule has 9 heteroatoms. The Balaban J connectivity index is 1.75. The first-order valence-corrected chi connectivity index (χ1v) is 11.6. The number of oxazole rings is 1. The first-order valence-electron chi connectivity index (χ1n) is 11.6. The van der Waals surface area contributed by atoms with Gasteiger partial charge in [-0.1, -0.05) is 51.2 Å². The molecule has 1 unspecified atom stereocenters. The molecule has 1 saturated heterocycles. The van der Waals surface area contributed by atoms with Crippen LogP contribution in [0.2, 0.25) is 0 Å². The predicted octanol–water partition coefficient (Wildman–Crippen LogP) is 3.31. The Labute approximate surface area is 192 Å². The van der Waals surface area contributed by atoms with E-state index in [2.05, 4.69) is 4.98 Å². The Hall–Kier alpha value is -2.94. The normalized spacial score (nSPS) is 20.2. The van der Waals surface area contributed by atoms with Crippen molar-refractivity contribution in [3.05, 3.63) is 30.2 Å². The molecule has 1 aromatic carbocycles. The van der Waals surface area contributed by atoms with Crippen molar-refractivity contribution in [1.29, 1.82) is 0 Å². The molecule has 2 aromatic rings. The van der Waals surface area contributed by atoms with Crippen molar-refractivity contribution in [2.75, 3.05) is 26.3 Å². The standard InChI is InChI=1S/C24H31N3O6/c1-16(17-7-3-2-4-8-17)24(33-23(25)30,15-20(28)27-11-13-31-14-12-27)21(29)22-26-18-9-5-6-10-19(18)32-22/h5-6,9-10,16-17H,2-4,7-8,11-15H2,1H3,(H2,25,30)/t16?,24-/m0/s1. The highest BCUT2D eigenvalue weighted by molar-refractivity contribution is 6.04. The second-order valence-electron chi connectivity index (χ2n) is 8.98. The smallest absolute Gasteiger partial charge is 0.405 e. The van der Waals surface area contributed by atoms with Gasteiger partial charge in [-0.15, -0.1) is 0 Å². The van der Waals surface area contributed by atoms with Crippen molar-refractivity contribution in [2.45, 2.75) is 51.0 Å². The topological polar surface area (TPSA) is 125 Å². The molecular formula is C24H31N3O6. The molecule has 2 amide bonds. The summed E-state index contributed by atoms with van der Waals surface area (Å²) in [5.74, 6) is -1.44. The SMILES string of the molecule is CC(C1CCCCC1)[C@](CC(=O)N1CCOCC1)(OC(N)=O)C(=O)c1nc2ccccc2o1. The van der Waals surface area contributed by atoms with Crippen molar-refractivity contribution in [1.82, 2.24) is 9.88 Å². The molecule has 2 N–H and O–H groups in total. The molecule has 1 saturated carbocycles. The van der Waals surface area contributed by atoms with Crippen LogP contribution in [0.3, 0.4) is 0 Å². The molecule has 1 aromatic heterocycles. The number of ether oxygens (including phenoxy) is 2. The summed E-state index contributed by atoms with van der Waals surface area (Å²) in [5, 5.41) is 0. The number of carbonyl (C=O) groups is 3. The zero-order valence-electron chi connectivity index (χ0n) is 19.0. The maximum atomic E-state index is 14.0. The molecule has 9 nitrogen and oxygen atoms in total. The molecule has 2 atom stereocenters. The minimum absolute atomic E-state index is 0.101. The number of carbonyl (C=O) groups excluding carboxylic acids is 3. The van der Waals surface area contributed by atoms with E-state index in [1.165, 1.54) is 0 Å². The Morgan fingerprint density at radius 2 is 1.88 bits per heavy atom. The van der Waals surface area contributed by atoms with Gasteiger partial charge in [0.2, 0.25) is 5.91 Å². The summed E-state index contributed by atoms with van der Waals surface area (Å²) < 4.78 is 16.7. The number of hydrogen-bond donors (Lipinski definition) is 1. The summed E-state index contributed by atoms with van der Waals surface area (Å²) in [6.45, 7) is 3.55. The second-order valence-corrected chi connectivity index (χ2v) is 8.98. The number of hydrogen-bond acceptors (Lipinski definition) is 7. The number of benzene rings is 1. The molecule has 33 heavy (non-hydrogen) atoms. The Bertz CT molecular complexity index is 976. The van der Waals surface area contributed by atoms with Crippen LogP contribution in [0.4, 0.5) is 4.79 Å². The first-order chi connectivity index (χ1) is 15.9. The van der Waals surface area contributed by atoms with Gasteiger partial charge in [-0.2, -0.15) is 0 Å². The molecule has 2 heterocycles. The van der Waals surface area contributed by atoms with Crippen LogP contribution in [0.15, 0.2) is 28.7 Å². The van der Waals surface area contributed by atoms with E-state index >= 15 is 0 Å². The van der Waals surface area contributed by atoms with Gasteiger partial charge in [0.1, 0.15) is 5.52 Å². The van der Waals surface area contributed by atoms with E-state index in [0.29, 0.717) is 37.4 Å². The minimum Gasteiger partial charge on any atom is -0.434 e. The van der Waals surface area contributed by atoms with E-state index in [-0.39, 0.29) is 24.1 Å². The molecule has 2 aliphatic rings. The number of para-hydroxylation sites is 2. The fourth-order valence-corrected chi connectivity index (χ4v) is 5.12. The van der Waals surface area contributed by atoms with E-state index in [9.17, 15) is 14.4 Å². The zero-order valence-corrected chi connectivity index (χ0v) is 19.0. The van der Waals surface area contributed by atoms with Gasteiger partial charge >= 0.3 is 6.09 Å². The third kappa shape index (κ3) is 4.88. The largest absolute Gasteiger partial charge is 0.434 e. The number of morpholine rings is 1. The second kappa shape index (κ2) is 9.91. The van der Waals surface area contributed by atoms with Crippen molar-refractivity contribution < 1.29 is 28.3 Å². The summed E-state index contributed by atoms with van der Waals surface area (Å²) in [6.07, 6.45) is 3.53. The van der Waals surface area contributed by atoms with E-state index in [4.69, 9.17) is 19.6 Å². The highest BCUT2D eigenvalue weighted by atomic mass is 16.6. The van der Waals surface area contributed by atoms with Crippen LogP contribution in [-0.2, 0) is 14.3 Å². The van der Waals surface area contributed by atoms with E-state index < -0.39 is 23.4 Å². The predicted molar refractivity (Wildman–Crippen MR) is 119 cm³/mol. The Kier molecular flexibility index (Phi) is 6.97. The molecule has 178 valence electrons. The van der Waals surface area contributed by atoms with Crippen LogP contribution in [0, 0.1) is 11.8 Å². The van der Waals surface area contributed by atoms with Gasteiger partial charge in [0, 0.05) is 19.0 Å². The number of rotatable bonds is 7. The van der Waals surface area contributed by atoms with Gasteiger partial charge in [-0.25, -0.2) is 9.78 Å². The average Bonchev–Trinajstić information content (AvgIpc) is 3.27. The minimum atomic E-state index is -1.80. The van der Waals surface area contributed by atoms with E-state index in [0.717, 1.165) is 32.1 Å². The Morgan fingerprint density at radius 1 is 1.18 bits per heavy atom. The molecule has 1 aliphatic heterocycles. The van der Waals surface area contributed by atoms with E-state index in [1.807, 2.05) is 6.92 Å². The lowest BCUT2D eigenvalue weighted by molar-refractivity contribution is -0.141. The lowest BCUT2D eigenvalue weighted by atomic mass is 9.69. The van der Waals surface area contributed by atoms with Crippen LogP contribution in [-0.4, -0.2) is 59.6 Å². The van der Waals surface area contributed by atoms with Crippen LogP contribution < -0.4 is 5.73 Å². The van der Waals surface area contributed by atoms with Crippen LogP contribution in [0.1, 0.15) is 56.1 Å². The Morgan fingerprint density at radius 3 is 2.55 bits per heavy atom. The monoisotopic (exact) mass is 457 g/mol. The van der Waals surface area contributed by atoms with Crippen LogP contribution in [0.25, 0.3) is 11.1 Å². The van der Waals surface area contributed by atoms with Gasteiger partial charge in [0.05, 0.1) is 19.6 Å². The lowest BCUT2D eigenvalue weighted by Gasteiger charge is -2.41. The number of amides is 2. The molecule has 4 rings (SSSR count). The van der Waals surface area contributed by atoms with Crippen molar-refractivity contribution in [3.8, 4) is 0 Å². The number of fused-ring (bicyclic) bond motifs is 1. The molecule has 1 aliphatic carbocycles. The third-order valence-electron chi connectivity index (χ3n) is 7.03. The molecule has 0 bridgehead atoms. The van der Waals surface area contributed by atoms with Crippen LogP contribution >= 0.6 is 0 Å². The van der Waals surface area contributed by atoms with Gasteiger partial charge < -0.3 is 24.5 Å². The number of aromatic nitrogens is 1. The molecule has 2 fully saturated rings. The maximum Gasteiger partial charge on any atom is 0.405 e. The van der Waals surface area contributed by atoms with E-state index in [1.54, 1.807) is 29.2 Å². The highest BCUT2D eigenvalue weighted by Gasteiger charge is 2.53. The quantitative estimate of drug-likeness (QED) is 0.632. The van der Waals surface area contributed by atoms with Gasteiger partial charge in [-0.05, 0) is 18.1 Å². The number of Topliss-reactive ketones (excluding diaryl/α,β-unsaturated/α-hetero) is 1. The molecular weight excluding hydrogens is 426 g/mol. The van der Waals surface area contributed by atoms with Gasteiger partial charge in [-0.3, -0.25) is 9.59 Å². The van der Waals surface area contributed by atoms with Crippen molar-refractivity contribution in [3.63, 3.8) is 0 Å². The number of primary amides is 1. The number of nitrogens with zero attached hydrogens (tertiary/aromatic N) is 2. The lowest BCUT2D eigenvalue weighted by Crippen LogP contribution is -2.56. The molecule has 0 radical (unpaired) electrons. The average molecular weight is 458 g/mol. The zero-order chi connectivity index (χ0) is 23.4. The summed E-state index contributed by atoms with van der Waals surface area (Å²) in [6, 6.07) is 7.01. The van der Waals surface area contributed by atoms with Crippen molar-refractivity contribution in [2.24, 2.45) is 17.6 Å². The highest BCUT2D eigenvalue weighted by Crippen LogP contribution is 2.41. The fraction of sp³-hybridized carbons (Fsp3) is 0.583. The van der Waals surface area contributed by atoms with Gasteiger partial charge in [0.15, 0.2) is 11.2 Å². The summed E-state index contributed by atoms with van der Waals surface area (Å²) in [5.41, 5.74) is 4.64.